The van der Waals surface area contributed by atoms with Crippen LogP contribution in [0.15, 0.2) is 12.3 Å². The Labute approximate surface area is 166 Å². The Kier molecular flexibility index (Phi) is 5.18. The maximum atomic E-state index is 12.9. The number of aryl methyl sites for hydroxylation is 1. The molecule has 0 aliphatic carbocycles. The average Bonchev–Trinajstić information content (AvgIpc) is 2.95. The monoisotopic (exact) mass is 389 g/mol. The van der Waals surface area contributed by atoms with Crippen LogP contribution in [-0.2, 0) is 4.74 Å². The lowest BCUT2D eigenvalue weighted by atomic mass is 9.97. The van der Waals surface area contributed by atoms with Crippen molar-refractivity contribution >= 4 is 17.4 Å². The number of aromatic nitrogens is 2. The molecule has 2 aromatic heterocycles. The van der Waals surface area contributed by atoms with E-state index in [-0.39, 0.29) is 24.2 Å². The summed E-state index contributed by atoms with van der Waals surface area (Å²) in [7, 11) is 1.60. The maximum Gasteiger partial charge on any atom is 0.410 e. The number of imidazole rings is 1. The van der Waals surface area contributed by atoms with Crippen LogP contribution in [0.5, 0.6) is 5.75 Å². The molecule has 1 aliphatic rings. The van der Waals surface area contributed by atoms with Crippen LogP contribution in [0.25, 0.3) is 5.65 Å². The molecule has 1 amide bonds. The summed E-state index contributed by atoms with van der Waals surface area (Å²) >= 11 is 0. The standard InChI is InChI=1S/C20H31N5O3/c1-11-10-24-17(14(21)8-15(27-7)18(24)23-11)16-13(3)25(12(2)9-22-16)19(26)28-20(4,5)6/h8,10,12-13,16,22H,9,21H2,1-7H3/t12-,13+,16?/m1/s1. The van der Waals surface area contributed by atoms with E-state index in [9.17, 15) is 4.79 Å². The summed E-state index contributed by atoms with van der Waals surface area (Å²) in [4.78, 5) is 19.2. The number of fused-ring (bicyclic) bond motifs is 1. The van der Waals surface area contributed by atoms with Gasteiger partial charge in [0.25, 0.3) is 0 Å². The lowest BCUT2D eigenvalue weighted by molar-refractivity contribution is -0.00507. The third kappa shape index (κ3) is 3.61. The van der Waals surface area contributed by atoms with E-state index in [4.69, 9.17) is 15.2 Å². The number of methoxy groups -OCH3 is 1. The van der Waals surface area contributed by atoms with E-state index in [0.717, 1.165) is 11.4 Å². The van der Waals surface area contributed by atoms with Crippen LogP contribution in [0.4, 0.5) is 10.5 Å². The second kappa shape index (κ2) is 7.16. The zero-order valence-electron chi connectivity index (χ0n) is 17.7. The molecule has 3 heterocycles. The molecule has 8 nitrogen and oxygen atoms in total. The summed E-state index contributed by atoms with van der Waals surface area (Å²) in [6.07, 6.45) is 1.62. The average molecular weight is 390 g/mol. The summed E-state index contributed by atoms with van der Waals surface area (Å²) in [6.45, 7) is 12.2. The first-order chi connectivity index (χ1) is 13.0. The van der Waals surface area contributed by atoms with Crippen LogP contribution in [0.3, 0.4) is 0 Å². The molecule has 1 unspecified atom stereocenters. The number of piperazine rings is 1. The number of amides is 1. The van der Waals surface area contributed by atoms with Crippen LogP contribution < -0.4 is 15.8 Å². The van der Waals surface area contributed by atoms with Gasteiger partial charge in [-0.25, -0.2) is 9.78 Å². The zero-order valence-corrected chi connectivity index (χ0v) is 17.7. The van der Waals surface area contributed by atoms with Crippen molar-refractivity contribution in [3.05, 3.63) is 23.7 Å². The number of nitrogens with one attached hydrogen (secondary N) is 1. The lowest BCUT2D eigenvalue weighted by Crippen LogP contribution is -2.59. The molecule has 154 valence electrons. The number of nitrogens with zero attached hydrogens (tertiary/aromatic N) is 3. The number of nitrogen functional groups attached to an aromatic ring is 1. The second-order valence-electron chi connectivity index (χ2n) is 8.49. The second-order valence-corrected chi connectivity index (χ2v) is 8.49. The SMILES string of the molecule is COc1cc(N)c(C2NC[C@@H](C)N(C(=O)OC(C)(C)C)[C@H]2C)n2cc(C)nc12. The molecule has 3 rings (SSSR count). The van der Waals surface area contributed by atoms with Crippen LogP contribution in [0.2, 0.25) is 0 Å². The number of hydrogen-bond donors (Lipinski definition) is 2. The van der Waals surface area contributed by atoms with Crippen molar-refractivity contribution in [1.82, 2.24) is 19.6 Å². The Morgan fingerprint density at radius 3 is 2.64 bits per heavy atom. The highest BCUT2D eigenvalue weighted by atomic mass is 16.6. The molecule has 0 radical (unpaired) electrons. The van der Waals surface area contributed by atoms with Crippen molar-refractivity contribution in [2.75, 3.05) is 19.4 Å². The first-order valence-corrected chi connectivity index (χ1v) is 9.60. The molecule has 8 heteroatoms. The van der Waals surface area contributed by atoms with Gasteiger partial charge in [0.15, 0.2) is 11.4 Å². The lowest BCUT2D eigenvalue weighted by Gasteiger charge is -2.44. The van der Waals surface area contributed by atoms with Crippen molar-refractivity contribution in [3.8, 4) is 5.75 Å². The molecule has 1 fully saturated rings. The van der Waals surface area contributed by atoms with Gasteiger partial charge in [-0.15, -0.1) is 0 Å². The molecular formula is C20H31N5O3. The number of carbonyl (C=O) groups excluding carboxylic acids is 1. The quantitative estimate of drug-likeness (QED) is 0.820. The van der Waals surface area contributed by atoms with Crippen molar-refractivity contribution in [2.24, 2.45) is 0 Å². The van der Waals surface area contributed by atoms with Gasteiger partial charge in [-0.1, -0.05) is 0 Å². The Bertz CT molecular complexity index is 886. The Hall–Kier alpha value is -2.48. The predicted molar refractivity (Wildman–Crippen MR) is 109 cm³/mol. The summed E-state index contributed by atoms with van der Waals surface area (Å²) in [5.74, 6) is 0.621. The third-order valence-corrected chi connectivity index (χ3v) is 5.04. The van der Waals surface area contributed by atoms with E-state index in [1.165, 1.54) is 0 Å². The van der Waals surface area contributed by atoms with Gasteiger partial charge in [-0.3, -0.25) is 9.30 Å². The summed E-state index contributed by atoms with van der Waals surface area (Å²) in [5.41, 5.74) is 8.90. The van der Waals surface area contributed by atoms with Crippen LogP contribution in [0, 0.1) is 6.92 Å². The van der Waals surface area contributed by atoms with Crippen molar-refractivity contribution in [2.45, 2.75) is 65.3 Å². The van der Waals surface area contributed by atoms with Gasteiger partial charge >= 0.3 is 6.09 Å². The molecule has 0 aromatic carbocycles. The van der Waals surface area contributed by atoms with E-state index in [2.05, 4.69) is 10.3 Å². The molecule has 1 saturated heterocycles. The third-order valence-electron chi connectivity index (χ3n) is 5.04. The van der Waals surface area contributed by atoms with E-state index >= 15 is 0 Å². The highest BCUT2D eigenvalue weighted by Crippen LogP contribution is 2.35. The Balaban J connectivity index is 2.04. The topological polar surface area (TPSA) is 94.1 Å². The molecule has 0 spiro atoms. The highest BCUT2D eigenvalue weighted by Gasteiger charge is 2.40. The minimum absolute atomic E-state index is 0.000544. The molecule has 3 N–H and O–H groups in total. The number of pyridine rings is 1. The fourth-order valence-electron chi connectivity index (χ4n) is 3.87. The summed E-state index contributed by atoms with van der Waals surface area (Å²) in [6, 6.07) is 1.45. The van der Waals surface area contributed by atoms with Gasteiger partial charge in [0.05, 0.1) is 36.3 Å². The van der Waals surface area contributed by atoms with E-state index < -0.39 is 5.60 Å². The fraction of sp³-hybridized carbons (Fsp3) is 0.600. The highest BCUT2D eigenvalue weighted by molar-refractivity contribution is 5.70. The van der Waals surface area contributed by atoms with E-state index in [1.54, 1.807) is 18.1 Å². The largest absolute Gasteiger partial charge is 0.493 e. The van der Waals surface area contributed by atoms with Crippen molar-refractivity contribution in [1.29, 1.82) is 0 Å². The Morgan fingerprint density at radius 2 is 2.04 bits per heavy atom. The number of hydrogen-bond acceptors (Lipinski definition) is 6. The Morgan fingerprint density at radius 1 is 1.36 bits per heavy atom. The number of rotatable bonds is 2. The van der Waals surface area contributed by atoms with Gasteiger partial charge < -0.3 is 20.5 Å². The molecule has 3 atom stereocenters. The van der Waals surface area contributed by atoms with Gasteiger partial charge in [0.1, 0.15) is 5.60 Å². The first kappa shape index (κ1) is 20.3. The molecular weight excluding hydrogens is 358 g/mol. The zero-order chi connectivity index (χ0) is 20.8. The maximum absolute atomic E-state index is 12.9. The van der Waals surface area contributed by atoms with Crippen LogP contribution >= 0.6 is 0 Å². The van der Waals surface area contributed by atoms with Crippen LogP contribution in [-0.4, -0.2) is 51.7 Å². The molecule has 0 saturated carbocycles. The van der Waals surface area contributed by atoms with Gasteiger partial charge in [-0.05, 0) is 41.5 Å². The van der Waals surface area contributed by atoms with Crippen molar-refractivity contribution in [3.63, 3.8) is 0 Å². The van der Waals surface area contributed by atoms with Crippen LogP contribution in [0.1, 0.15) is 52.0 Å². The van der Waals surface area contributed by atoms with Crippen molar-refractivity contribution < 1.29 is 14.3 Å². The number of nitrogens with two attached hydrogens (primary N) is 1. The van der Waals surface area contributed by atoms with Gasteiger partial charge in [0.2, 0.25) is 0 Å². The molecule has 28 heavy (non-hydrogen) atoms. The number of ether oxygens (including phenoxy) is 2. The minimum Gasteiger partial charge on any atom is -0.493 e. The molecule has 0 bridgehead atoms. The summed E-state index contributed by atoms with van der Waals surface area (Å²) < 4.78 is 13.1. The molecule has 1 aliphatic heterocycles. The van der Waals surface area contributed by atoms with Gasteiger partial charge in [-0.2, -0.15) is 0 Å². The van der Waals surface area contributed by atoms with E-state index in [1.807, 2.05) is 52.1 Å². The normalized spacial score (nSPS) is 23.1. The predicted octanol–water partition coefficient (Wildman–Crippen LogP) is 2.89. The van der Waals surface area contributed by atoms with E-state index in [0.29, 0.717) is 23.6 Å². The number of anilines is 1. The van der Waals surface area contributed by atoms with Gasteiger partial charge in [0, 0.05) is 24.8 Å². The first-order valence-electron chi connectivity index (χ1n) is 9.60. The summed E-state index contributed by atoms with van der Waals surface area (Å²) in [5, 5.41) is 3.54. The number of carbonyl (C=O) groups is 1. The smallest absolute Gasteiger partial charge is 0.410 e. The fourth-order valence-corrected chi connectivity index (χ4v) is 3.87. The molecule has 2 aromatic rings. The minimum atomic E-state index is -0.551.